The van der Waals surface area contributed by atoms with Crippen molar-refractivity contribution in [2.45, 2.75) is 13.0 Å². The van der Waals surface area contributed by atoms with Gasteiger partial charge < -0.3 is 18.9 Å². The molecule has 3 heterocycles. The molecule has 0 bridgehead atoms. The first-order chi connectivity index (χ1) is 13.5. The van der Waals surface area contributed by atoms with E-state index in [0.29, 0.717) is 27.5 Å². The van der Waals surface area contributed by atoms with Crippen molar-refractivity contribution in [2.75, 3.05) is 25.6 Å². The van der Waals surface area contributed by atoms with E-state index >= 15 is 0 Å². The zero-order valence-corrected chi connectivity index (χ0v) is 16.6. The zero-order chi connectivity index (χ0) is 19.7. The first-order valence-corrected chi connectivity index (χ1v) is 9.56. The second kappa shape index (κ2) is 7.69. The van der Waals surface area contributed by atoms with Gasteiger partial charge in [0, 0.05) is 6.07 Å². The maximum absolute atomic E-state index is 12.0. The molecule has 0 radical (unpaired) electrons. The van der Waals surface area contributed by atoms with Crippen LogP contribution in [0.4, 0.5) is 10.5 Å². The summed E-state index contributed by atoms with van der Waals surface area (Å²) in [6.07, 6.45) is 0.444. The Morgan fingerprint density at radius 2 is 2.32 bits per heavy atom. The summed E-state index contributed by atoms with van der Waals surface area (Å²) in [5.74, 6) is 1.66. The molecule has 10 heteroatoms. The van der Waals surface area contributed by atoms with Crippen molar-refractivity contribution in [3.05, 3.63) is 34.4 Å². The fraction of sp³-hybridized carbons (Fsp3) is 0.278. The van der Waals surface area contributed by atoms with Gasteiger partial charge in [-0.3, -0.25) is 5.32 Å². The summed E-state index contributed by atoms with van der Waals surface area (Å²) >= 11 is 7.37. The van der Waals surface area contributed by atoms with Gasteiger partial charge in [0.05, 0.1) is 24.5 Å². The number of ether oxygens (including phenoxy) is 4. The number of nitrogens with zero attached hydrogens (tertiary/aromatic N) is 2. The number of thiazole rings is 1. The minimum atomic E-state index is -0.609. The van der Waals surface area contributed by atoms with Crippen LogP contribution >= 0.6 is 22.9 Å². The fourth-order valence-electron chi connectivity index (χ4n) is 2.75. The van der Waals surface area contributed by atoms with Crippen molar-refractivity contribution in [1.82, 2.24) is 9.97 Å². The van der Waals surface area contributed by atoms with Gasteiger partial charge in [-0.2, -0.15) is 0 Å². The number of benzene rings is 1. The number of hydrogen-bond acceptors (Lipinski definition) is 8. The van der Waals surface area contributed by atoms with Gasteiger partial charge in [0.15, 0.2) is 22.1 Å². The summed E-state index contributed by atoms with van der Waals surface area (Å²) in [5.41, 5.74) is 2.24. The molecular weight excluding hydrogens is 406 g/mol. The quantitative estimate of drug-likeness (QED) is 0.679. The molecule has 0 aliphatic carbocycles. The molecular formula is C18H16ClN3O5S. The van der Waals surface area contributed by atoms with Crippen molar-refractivity contribution >= 4 is 44.9 Å². The Bertz CT molecular complexity index is 1020. The third kappa shape index (κ3) is 3.76. The van der Waals surface area contributed by atoms with Crippen LogP contribution in [0.25, 0.3) is 10.2 Å². The van der Waals surface area contributed by atoms with Crippen LogP contribution in [-0.2, 0) is 4.74 Å². The van der Waals surface area contributed by atoms with Gasteiger partial charge in [0.25, 0.3) is 0 Å². The molecule has 0 saturated carbocycles. The Morgan fingerprint density at radius 3 is 3.07 bits per heavy atom. The number of halogens is 1. The van der Waals surface area contributed by atoms with Crippen molar-refractivity contribution < 1.29 is 23.7 Å². The van der Waals surface area contributed by atoms with Gasteiger partial charge in [-0.15, -0.1) is 0 Å². The number of rotatable bonds is 4. The first-order valence-electron chi connectivity index (χ1n) is 8.36. The maximum atomic E-state index is 12.0. The van der Waals surface area contributed by atoms with Gasteiger partial charge in [-0.05, 0) is 24.6 Å². The van der Waals surface area contributed by atoms with E-state index in [2.05, 4.69) is 15.3 Å². The number of carbonyl (C=O) groups is 1. The van der Waals surface area contributed by atoms with Crippen LogP contribution < -0.4 is 19.5 Å². The number of fused-ring (bicyclic) bond motifs is 3. The lowest BCUT2D eigenvalue weighted by Crippen LogP contribution is -2.35. The normalized spacial score (nSPS) is 15.3. The Hall–Kier alpha value is -2.78. The summed E-state index contributed by atoms with van der Waals surface area (Å²) in [6.45, 7) is 2.21. The molecule has 1 aromatic carbocycles. The lowest BCUT2D eigenvalue weighted by atomic mass is 10.2. The molecule has 8 nitrogen and oxygen atoms in total. The molecule has 1 aliphatic heterocycles. The Balaban J connectivity index is 1.37. The van der Waals surface area contributed by atoms with E-state index in [4.69, 9.17) is 30.5 Å². The molecule has 0 saturated heterocycles. The van der Waals surface area contributed by atoms with Crippen LogP contribution in [0.2, 0.25) is 4.47 Å². The molecule has 0 spiro atoms. The third-order valence-electron chi connectivity index (χ3n) is 4.05. The highest BCUT2D eigenvalue weighted by Gasteiger charge is 2.26. The van der Waals surface area contributed by atoms with Crippen LogP contribution in [0.15, 0.2) is 24.4 Å². The van der Waals surface area contributed by atoms with Gasteiger partial charge in [-0.25, -0.2) is 14.8 Å². The minimum absolute atomic E-state index is 0.0371. The zero-order valence-electron chi connectivity index (χ0n) is 15.0. The summed E-state index contributed by atoms with van der Waals surface area (Å²) in [4.78, 5) is 20.3. The second-order valence-corrected chi connectivity index (χ2v) is 7.61. The summed E-state index contributed by atoms with van der Waals surface area (Å²) < 4.78 is 23.3. The molecule has 28 heavy (non-hydrogen) atoms. The summed E-state index contributed by atoms with van der Waals surface area (Å²) in [7, 11) is 1.52. The number of amides is 1. The second-order valence-electron chi connectivity index (χ2n) is 6.03. The van der Waals surface area contributed by atoms with E-state index in [1.165, 1.54) is 24.6 Å². The van der Waals surface area contributed by atoms with Gasteiger partial charge >= 0.3 is 6.09 Å². The molecule has 146 valence electrons. The molecule has 3 aromatic rings. The number of anilines is 1. The van der Waals surface area contributed by atoms with Crippen molar-refractivity contribution in [2.24, 2.45) is 0 Å². The molecule has 1 amide bonds. The van der Waals surface area contributed by atoms with Crippen LogP contribution in [0.3, 0.4) is 0 Å². The number of nitrogens with one attached hydrogen (secondary N) is 1. The monoisotopic (exact) mass is 421 g/mol. The Kier molecular flexibility index (Phi) is 5.10. The van der Waals surface area contributed by atoms with E-state index in [-0.39, 0.29) is 13.2 Å². The average Bonchev–Trinajstić information content (AvgIpc) is 3.09. The number of aryl methyl sites for hydroxylation is 1. The van der Waals surface area contributed by atoms with Gasteiger partial charge in [0.2, 0.25) is 5.88 Å². The molecule has 0 unspecified atom stereocenters. The number of carbonyl (C=O) groups excluding carboxylic acids is 1. The Labute approximate surface area is 169 Å². The van der Waals surface area contributed by atoms with Gasteiger partial charge in [-0.1, -0.05) is 22.9 Å². The molecule has 1 atom stereocenters. The number of methoxy groups -OCH3 is 1. The number of aromatic nitrogens is 2. The van der Waals surface area contributed by atoms with Crippen molar-refractivity contribution in [3.63, 3.8) is 0 Å². The van der Waals surface area contributed by atoms with Crippen LogP contribution in [0.5, 0.6) is 17.4 Å². The van der Waals surface area contributed by atoms with Crippen molar-refractivity contribution in [1.29, 1.82) is 0 Å². The molecule has 1 aliphatic rings. The summed E-state index contributed by atoms with van der Waals surface area (Å²) in [6, 6.07) is 5.15. The van der Waals surface area contributed by atoms with E-state index < -0.39 is 12.2 Å². The molecule has 0 fully saturated rings. The largest absolute Gasteiger partial charge is 0.484 e. The standard InChI is InChI=1S/C18H16ClN3O5S/c1-9-5-12-15(16-14(9)22-17(19)28-16)25-7-11(27-12)8-26-18(23)21-10-3-4-13(24-2)20-6-10/h3-6,11H,7-8H2,1-2H3,(H,21,23)/t11-/m1/s1. The third-order valence-corrected chi connectivity index (χ3v) is 5.21. The molecule has 2 aromatic heterocycles. The maximum Gasteiger partial charge on any atom is 0.411 e. The van der Waals surface area contributed by atoms with Crippen LogP contribution in [-0.4, -0.2) is 42.5 Å². The number of hydrogen-bond donors (Lipinski definition) is 1. The molecule has 4 rings (SSSR count). The SMILES string of the molecule is COc1ccc(NC(=O)OC[C@H]2COc3c(cc(C)c4nc(Cl)sc34)O2)cn1. The lowest BCUT2D eigenvalue weighted by molar-refractivity contribution is 0.0383. The van der Waals surface area contributed by atoms with E-state index in [9.17, 15) is 4.79 Å². The van der Waals surface area contributed by atoms with Crippen molar-refractivity contribution in [3.8, 4) is 17.4 Å². The minimum Gasteiger partial charge on any atom is -0.484 e. The van der Waals surface area contributed by atoms with E-state index in [1.807, 2.05) is 13.0 Å². The highest BCUT2D eigenvalue weighted by Crippen LogP contribution is 2.44. The topological polar surface area (TPSA) is 91.8 Å². The van der Waals surface area contributed by atoms with E-state index in [1.54, 1.807) is 12.1 Å². The summed E-state index contributed by atoms with van der Waals surface area (Å²) in [5, 5.41) is 2.59. The number of pyridine rings is 1. The van der Waals surface area contributed by atoms with Crippen LogP contribution in [0, 0.1) is 6.92 Å². The average molecular weight is 422 g/mol. The predicted octanol–water partition coefficient (Wildman–Crippen LogP) is 4.05. The van der Waals surface area contributed by atoms with E-state index in [0.717, 1.165) is 15.8 Å². The first kappa shape index (κ1) is 18.6. The fourth-order valence-corrected chi connectivity index (χ4v) is 3.93. The highest BCUT2D eigenvalue weighted by molar-refractivity contribution is 7.22. The highest BCUT2D eigenvalue weighted by atomic mass is 35.5. The Morgan fingerprint density at radius 1 is 1.46 bits per heavy atom. The van der Waals surface area contributed by atoms with Crippen LogP contribution in [0.1, 0.15) is 5.56 Å². The smallest absolute Gasteiger partial charge is 0.411 e. The lowest BCUT2D eigenvalue weighted by Gasteiger charge is -2.26. The van der Waals surface area contributed by atoms with Gasteiger partial charge in [0.1, 0.15) is 17.9 Å². The molecule has 1 N–H and O–H groups in total. The predicted molar refractivity (Wildman–Crippen MR) is 105 cm³/mol.